The predicted octanol–water partition coefficient (Wildman–Crippen LogP) is 2.68. The van der Waals surface area contributed by atoms with Gasteiger partial charge in [-0.2, -0.15) is 0 Å². The highest BCUT2D eigenvalue weighted by Crippen LogP contribution is 2.27. The molecule has 6 nitrogen and oxygen atoms in total. The Bertz CT molecular complexity index is 832. The maximum Gasteiger partial charge on any atom is 0.244 e. The molecule has 0 amide bonds. The van der Waals surface area contributed by atoms with Gasteiger partial charge in [-0.05, 0) is 38.2 Å². The van der Waals surface area contributed by atoms with Crippen LogP contribution in [0.2, 0.25) is 0 Å². The third-order valence-corrected chi connectivity index (χ3v) is 4.15. The van der Waals surface area contributed by atoms with Crippen LogP contribution in [0, 0.1) is 0 Å². The first-order valence-corrected chi connectivity index (χ1v) is 8.35. The van der Waals surface area contributed by atoms with Crippen molar-refractivity contribution in [2.75, 3.05) is 27.2 Å². The summed E-state index contributed by atoms with van der Waals surface area (Å²) in [5.41, 5.74) is 2.32. The van der Waals surface area contributed by atoms with E-state index in [2.05, 4.69) is 16.9 Å². The molecule has 1 aliphatic rings. The molecule has 1 aromatic heterocycles. The number of benzene rings is 1. The summed E-state index contributed by atoms with van der Waals surface area (Å²) >= 11 is 0. The number of ketones is 2. The molecule has 0 radical (unpaired) electrons. The van der Waals surface area contributed by atoms with Gasteiger partial charge in [0.1, 0.15) is 0 Å². The largest absolute Gasteiger partial charge is 0.432 e. The second kappa shape index (κ2) is 7.11. The Hall–Kier alpha value is -2.60. The molecule has 130 valence electrons. The van der Waals surface area contributed by atoms with E-state index >= 15 is 0 Å². The average molecular weight is 339 g/mol. The average Bonchev–Trinajstić information content (AvgIpc) is 3.05. The second-order valence-electron chi connectivity index (χ2n) is 6.31. The minimum atomic E-state index is -0.336. The number of aliphatic imine (C=N–C) groups is 1. The van der Waals surface area contributed by atoms with Gasteiger partial charge in [-0.1, -0.05) is 19.1 Å². The summed E-state index contributed by atoms with van der Waals surface area (Å²) in [5.74, 6) is -0.256. The first-order valence-electron chi connectivity index (χ1n) is 8.35. The first kappa shape index (κ1) is 17.2. The highest BCUT2D eigenvalue weighted by Gasteiger charge is 2.35. The van der Waals surface area contributed by atoms with E-state index in [1.807, 2.05) is 43.3 Å². The quantitative estimate of drug-likeness (QED) is 0.837. The molecule has 0 saturated carbocycles. The van der Waals surface area contributed by atoms with Crippen LogP contribution in [0.3, 0.4) is 0 Å². The zero-order valence-electron chi connectivity index (χ0n) is 14.7. The third-order valence-electron chi connectivity index (χ3n) is 4.15. The van der Waals surface area contributed by atoms with E-state index < -0.39 is 0 Å². The van der Waals surface area contributed by atoms with E-state index in [0.717, 1.165) is 12.0 Å². The van der Waals surface area contributed by atoms with Crippen molar-refractivity contribution in [2.24, 2.45) is 4.99 Å². The van der Waals surface area contributed by atoms with Gasteiger partial charge in [0.15, 0.2) is 11.5 Å². The fourth-order valence-electron chi connectivity index (χ4n) is 2.63. The lowest BCUT2D eigenvalue weighted by Gasteiger charge is -2.10. The predicted molar refractivity (Wildman–Crippen MR) is 95.5 cm³/mol. The topological polar surface area (TPSA) is 75.8 Å². The number of aryl methyl sites for hydroxylation is 1. The summed E-state index contributed by atoms with van der Waals surface area (Å²) in [6.45, 7) is 3.26. The number of carbonyl (C=O) groups is 2. The summed E-state index contributed by atoms with van der Waals surface area (Å²) in [6, 6.07) is 7.74. The lowest BCUT2D eigenvalue weighted by Crippen LogP contribution is -2.27. The minimum absolute atomic E-state index is 0.00872. The Morgan fingerprint density at radius 3 is 2.56 bits per heavy atom. The molecular formula is C19H21N3O3. The van der Waals surface area contributed by atoms with Gasteiger partial charge in [-0.25, -0.2) is 4.98 Å². The molecule has 0 saturated heterocycles. The van der Waals surface area contributed by atoms with Crippen molar-refractivity contribution in [1.29, 1.82) is 0 Å². The smallest absolute Gasteiger partial charge is 0.244 e. The molecular weight excluding hydrogens is 318 g/mol. The molecule has 0 atom stereocenters. The van der Waals surface area contributed by atoms with E-state index in [9.17, 15) is 9.59 Å². The van der Waals surface area contributed by atoms with Crippen LogP contribution >= 0.6 is 0 Å². The molecule has 0 spiro atoms. The highest BCUT2D eigenvalue weighted by molar-refractivity contribution is 6.51. The Morgan fingerprint density at radius 2 is 1.92 bits per heavy atom. The van der Waals surface area contributed by atoms with Crippen LogP contribution in [0.4, 0.5) is 0 Å². The number of nitrogens with zero attached hydrogens (tertiary/aromatic N) is 3. The van der Waals surface area contributed by atoms with Crippen molar-refractivity contribution in [3.63, 3.8) is 0 Å². The molecule has 2 aromatic rings. The van der Waals surface area contributed by atoms with Crippen LogP contribution in [0.5, 0.6) is 0 Å². The molecule has 0 aliphatic heterocycles. The van der Waals surface area contributed by atoms with Crippen molar-refractivity contribution in [1.82, 2.24) is 9.88 Å². The molecule has 1 heterocycles. The minimum Gasteiger partial charge on any atom is -0.432 e. The fraction of sp³-hybridized carbons (Fsp3) is 0.368. The number of oxazole rings is 1. The zero-order chi connectivity index (χ0) is 18.0. The van der Waals surface area contributed by atoms with Crippen LogP contribution in [-0.4, -0.2) is 54.3 Å². The van der Waals surface area contributed by atoms with Gasteiger partial charge in [0.25, 0.3) is 0 Å². The van der Waals surface area contributed by atoms with E-state index in [4.69, 9.17) is 4.42 Å². The number of carbonyl (C=O) groups excluding carboxylic acids is 2. The lowest BCUT2D eigenvalue weighted by atomic mass is 9.97. The molecule has 3 rings (SSSR count). The number of fused-ring (bicyclic) bond motifs is 1. The number of aromatic nitrogens is 1. The van der Waals surface area contributed by atoms with Gasteiger partial charge in [-0.15, -0.1) is 0 Å². The number of hydrogen-bond donors (Lipinski definition) is 0. The Balaban J connectivity index is 1.89. The van der Waals surface area contributed by atoms with E-state index in [1.54, 1.807) is 0 Å². The lowest BCUT2D eigenvalue weighted by molar-refractivity contribution is 0.0949. The molecule has 25 heavy (non-hydrogen) atoms. The van der Waals surface area contributed by atoms with Crippen molar-refractivity contribution >= 4 is 17.3 Å². The van der Waals surface area contributed by atoms with Crippen LogP contribution in [0.1, 0.15) is 40.0 Å². The van der Waals surface area contributed by atoms with Crippen molar-refractivity contribution in [2.45, 2.75) is 19.8 Å². The number of likely N-dealkylation sites (N-methyl/N-ethyl adjacent to an activating group) is 1. The van der Waals surface area contributed by atoms with E-state index in [0.29, 0.717) is 19.0 Å². The van der Waals surface area contributed by atoms with Crippen molar-refractivity contribution in [3.05, 3.63) is 41.3 Å². The zero-order valence-corrected chi connectivity index (χ0v) is 14.7. The third kappa shape index (κ3) is 3.58. The van der Waals surface area contributed by atoms with Gasteiger partial charge in [0, 0.05) is 12.1 Å². The number of hydrogen-bond acceptors (Lipinski definition) is 6. The molecule has 6 heteroatoms. The van der Waals surface area contributed by atoms with Crippen LogP contribution < -0.4 is 0 Å². The number of Topliss-reactive ketones (excluding diaryl/α,β-unsaturated/α-hetero) is 2. The maximum absolute atomic E-state index is 12.6. The molecule has 0 N–H and O–H groups in total. The van der Waals surface area contributed by atoms with Gasteiger partial charge in [0.05, 0.1) is 18.7 Å². The summed E-state index contributed by atoms with van der Waals surface area (Å²) in [5, 5.41) is 0. The normalized spacial score (nSPS) is 15.9. The van der Waals surface area contributed by atoms with Gasteiger partial charge in [0.2, 0.25) is 17.4 Å². The van der Waals surface area contributed by atoms with Crippen molar-refractivity contribution in [3.8, 4) is 11.5 Å². The fourth-order valence-corrected chi connectivity index (χ4v) is 2.63. The Kier molecular flexibility index (Phi) is 4.90. The Labute approximate surface area is 146 Å². The second-order valence-corrected chi connectivity index (χ2v) is 6.31. The molecule has 0 fully saturated rings. The SMILES string of the molecule is CCc1ccc(-c2nc3c(o2)C(=O)C(=NCCN(C)C)CC3=O)cc1. The standard InChI is InChI=1S/C19H21N3O3/c1-4-12-5-7-13(8-6-12)19-21-16-15(23)11-14(17(24)18(16)25-19)20-9-10-22(2)3/h5-8H,4,9-11H2,1-3H3. The summed E-state index contributed by atoms with van der Waals surface area (Å²) in [7, 11) is 3.86. The van der Waals surface area contributed by atoms with Crippen LogP contribution in [0.25, 0.3) is 11.5 Å². The van der Waals surface area contributed by atoms with Crippen LogP contribution in [-0.2, 0) is 6.42 Å². The summed E-state index contributed by atoms with van der Waals surface area (Å²) in [4.78, 5) is 35.4. The van der Waals surface area contributed by atoms with Gasteiger partial charge < -0.3 is 9.32 Å². The highest BCUT2D eigenvalue weighted by atomic mass is 16.4. The van der Waals surface area contributed by atoms with Gasteiger partial charge in [-0.3, -0.25) is 14.6 Å². The first-order chi connectivity index (χ1) is 12.0. The summed E-state index contributed by atoms with van der Waals surface area (Å²) < 4.78 is 5.63. The van der Waals surface area contributed by atoms with Gasteiger partial charge >= 0.3 is 0 Å². The van der Waals surface area contributed by atoms with Crippen molar-refractivity contribution < 1.29 is 14.0 Å². The van der Waals surface area contributed by atoms with E-state index in [-0.39, 0.29) is 35.2 Å². The number of rotatable bonds is 5. The van der Waals surface area contributed by atoms with E-state index in [1.165, 1.54) is 5.56 Å². The molecule has 0 bridgehead atoms. The Morgan fingerprint density at radius 1 is 1.20 bits per heavy atom. The maximum atomic E-state index is 12.6. The molecule has 0 unspecified atom stereocenters. The monoisotopic (exact) mass is 339 g/mol. The molecule has 1 aromatic carbocycles. The molecule has 1 aliphatic carbocycles. The summed E-state index contributed by atoms with van der Waals surface area (Å²) in [6.07, 6.45) is 0.923. The van der Waals surface area contributed by atoms with Crippen LogP contribution in [0.15, 0.2) is 33.7 Å².